The highest BCUT2D eigenvalue weighted by atomic mass is 15.2. The maximum absolute atomic E-state index is 4.76. The molecular formula is C18H29N3. The van der Waals surface area contributed by atoms with Crippen LogP contribution in [0.4, 0.5) is 5.82 Å². The molecule has 0 aliphatic heterocycles. The third-order valence-corrected chi connectivity index (χ3v) is 3.31. The first-order chi connectivity index (χ1) is 9.99. The van der Waals surface area contributed by atoms with Gasteiger partial charge in [-0.05, 0) is 37.9 Å². The number of aromatic nitrogens is 1. The number of hydrogen-bond donors (Lipinski definition) is 1. The van der Waals surface area contributed by atoms with Gasteiger partial charge in [0.2, 0.25) is 0 Å². The van der Waals surface area contributed by atoms with Gasteiger partial charge in [-0.15, -0.1) is 13.2 Å². The number of pyridine rings is 1. The Kier molecular flexibility index (Phi) is 7.17. The van der Waals surface area contributed by atoms with Crippen molar-refractivity contribution in [2.45, 2.75) is 34.2 Å². The van der Waals surface area contributed by atoms with Gasteiger partial charge in [-0.3, -0.25) is 0 Å². The third-order valence-electron chi connectivity index (χ3n) is 3.31. The van der Waals surface area contributed by atoms with Gasteiger partial charge in [0.15, 0.2) is 0 Å². The highest BCUT2D eigenvalue weighted by Gasteiger charge is 2.14. The summed E-state index contributed by atoms with van der Waals surface area (Å²) in [5.74, 6) is 1.69. The van der Waals surface area contributed by atoms with Crippen LogP contribution in [0.5, 0.6) is 0 Å². The molecule has 3 heteroatoms. The highest BCUT2D eigenvalue weighted by molar-refractivity contribution is 5.52. The summed E-state index contributed by atoms with van der Waals surface area (Å²) in [4.78, 5) is 6.97. The van der Waals surface area contributed by atoms with Gasteiger partial charge in [-0.25, -0.2) is 4.98 Å². The minimum atomic E-state index is 0.643. The normalized spacial score (nSPS) is 10.7. The first-order valence-electron chi connectivity index (χ1n) is 7.64. The summed E-state index contributed by atoms with van der Waals surface area (Å²) in [6.07, 6.45) is 3.82. The van der Waals surface area contributed by atoms with Crippen molar-refractivity contribution in [3.05, 3.63) is 48.2 Å². The fraction of sp³-hybridized carbons (Fsp3) is 0.500. The van der Waals surface area contributed by atoms with Gasteiger partial charge in [0.25, 0.3) is 0 Å². The summed E-state index contributed by atoms with van der Waals surface area (Å²) in [6, 6.07) is 2.15. The molecule has 0 unspecified atom stereocenters. The Labute approximate surface area is 129 Å². The lowest BCUT2D eigenvalue weighted by atomic mass is 10.1. The van der Waals surface area contributed by atoms with E-state index in [9.17, 15) is 0 Å². The molecule has 0 bridgehead atoms. The Morgan fingerprint density at radius 3 is 2.38 bits per heavy atom. The van der Waals surface area contributed by atoms with Crippen LogP contribution < -0.4 is 10.2 Å². The number of hydrogen-bond acceptors (Lipinski definition) is 3. The number of anilines is 1. The molecule has 0 aromatic carbocycles. The van der Waals surface area contributed by atoms with Crippen LogP contribution >= 0.6 is 0 Å². The van der Waals surface area contributed by atoms with Crippen LogP contribution in [0.3, 0.4) is 0 Å². The van der Waals surface area contributed by atoms with Crippen LogP contribution in [-0.4, -0.2) is 24.6 Å². The maximum atomic E-state index is 4.76. The zero-order valence-corrected chi connectivity index (χ0v) is 13.9. The van der Waals surface area contributed by atoms with Crippen LogP contribution in [0.1, 0.15) is 30.7 Å². The highest BCUT2D eigenvalue weighted by Crippen LogP contribution is 2.22. The van der Waals surface area contributed by atoms with Crippen LogP contribution in [0.15, 0.2) is 31.4 Å². The zero-order chi connectivity index (χ0) is 15.8. The molecule has 1 N–H and O–H groups in total. The minimum Gasteiger partial charge on any atom is -0.349 e. The maximum Gasteiger partial charge on any atom is 0.134 e. The fourth-order valence-electron chi connectivity index (χ4n) is 2.37. The van der Waals surface area contributed by atoms with Gasteiger partial charge >= 0.3 is 0 Å². The molecule has 1 aromatic rings. The van der Waals surface area contributed by atoms with Gasteiger partial charge in [0.1, 0.15) is 5.82 Å². The molecule has 0 spiro atoms. The largest absolute Gasteiger partial charge is 0.349 e. The van der Waals surface area contributed by atoms with E-state index < -0.39 is 0 Å². The molecule has 0 atom stereocenters. The molecule has 1 rings (SSSR count). The molecule has 116 valence electrons. The van der Waals surface area contributed by atoms with Gasteiger partial charge in [-0.2, -0.15) is 0 Å². The molecule has 0 radical (unpaired) electrons. The van der Waals surface area contributed by atoms with E-state index in [1.807, 2.05) is 19.1 Å². The van der Waals surface area contributed by atoms with E-state index in [4.69, 9.17) is 4.98 Å². The molecule has 0 fully saturated rings. The van der Waals surface area contributed by atoms with Crippen molar-refractivity contribution in [1.82, 2.24) is 10.3 Å². The van der Waals surface area contributed by atoms with E-state index in [1.54, 1.807) is 0 Å². The minimum absolute atomic E-state index is 0.643. The Balaban J connectivity index is 3.08. The Morgan fingerprint density at radius 2 is 1.86 bits per heavy atom. The second-order valence-electron chi connectivity index (χ2n) is 5.89. The SMILES string of the molecule is C=CCN(CC=C)c1nc(C)cc(C)c1CNCC(C)C. The lowest BCUT2D eigenvalue weighted by Gasteiger charge is -2.25. The van der Waals surface area contributed by atoms with Gasteiger partial charge in [0.05, 0.1) is 0 Å². The first kappa shape index (κ1) is 17.4. The molecule has 3 nitrogen and oxygen atoms in total. The molecule has 0 saturated carbocycles. The molecule has 1 heterocycles. The van der Waals surface area contributed by atoms with E-state index >= 15 is 0 Å². The van der Waals surface area contributed by atoms with Crippen LogP contribution in [-0.2, 0) is 6.54 Å². The number of aryl methyl sites for hydroxylation is 2. The first-order valence-corrected chi connectivity index (χ1v) is 7.64. The lowest BCUT2D eigenvalue weighted by Crippen LogP contribution is -2.28. The quantitative estimate of drug-likeness (QED) is 0.703. The topological polar surface area (TPSA) is 28.2 Å². The zero-order valence-electron chi connectivity index (χ0n) is 13.9. The summed E-state index contributed by atoms with van der Waals surface area (Å²) < 4.78 is 0. The van der Waals surface area contributed by atoms with E-state index in [-0.39, 0.29) is 0 Å². The molecule has 21 heavy (non-hydrogen) atoms. The molecule has 0 aliphatic rings. The van der Waals surface area contributed by atoms with Crippen molar-refractivity contribution in [2.75, 3.05) is 24.5 Å². The summed E-state index contributed by atoms with van der Waals surface area (Å²) in [5, 5.41) is 3.52. The summed E-state index contributed by atoms with van der Waals surface area (Å²) >= 11 is 0. The Bertz CT molecular complexity index is 468. The van der Waals surface area contributed by atoms with Crippen molar-refractivity contribution >= 4 is 5.82 Å². The summed E-state index contributed by atoms with van der Waals surface area (Å²) in [5.41, 5.74) is 3.60. The average Bonchev–Trinajstić information content (AvgIpc) is 2.40. The standard InChI is InChI=1S/C18H29N3/c1-7-9-21(10-8-2)18-17(13-19-12-14(3)4)15(5)11-16(6)20-18/h7-8,11,14,19H,1-2,9-10,12-13H2,3-6H3. The van der Waals surface area contributed by atoms with Crippen LogP contribution in [0.2, 0.25) is 0 Å². The van der Waals surface area contributed by atoms with Crippen molar-refractivity contribution < 1.29 is 0 Å². The van der Waals surface area contributed by atoms with Gasteiger partial charge in [0, 0.05) is 30.9 Å². The monoisotopic (exact) mass is 287 g/mol. The Hall–Kier alpha value is -1.61. The summed E-state index contributed by atoms with van der Waals surface area (Å²) in [7, 11) is 0. The third kappa shape index (κ3) is 5.35. The van der Waals surface area contributed by atoms with Crippen LogP contribution in [0, 0.1) is 19.8 Å². The van der Waals surface area contributed by atoms with Crippen molar-refractivity contribution in [2.24, 2.45) is 5.92 Å². The lowest BCUT2D eigenvalue weighted by molar-refractivity contribution is 0.550. The van der Waals surface area contributed by atoms with Crippen molar-refractivity contribution in [1.29, 1.82) is 0 Å². The van der Waals surface area contributed by atoms with Crippen molar-refractivity contribution in [3.8, 4) is 0 Å². The second kappa shape index (κ2) is 8.63. The predicted octanol–water partition coefficient (Wildman–Crippen LogP) is 3.62. The van der Waals surface area contributed by atoms with Crippen LogP contribution in [0.25, 0.3) is 0 Å². The fourth-order valence-corrected chi connectivity index (χ4v) is 2.37. The molecule has 1 aromatic heterocycles. The second-order valence-corrected chi connectivity index (χ2v) is 5.89. The van der Waals surface area contributed by atoms with E-state index in [0.717, 1.165) is 37.7 Å². The predicted molar refractivity (Wildman–Crippen MR) is 92.9 cm³/mol. The smallest absolute Gasteiger partial charge is 0.134 e. The molecule has 0 aliphatic carbocycles. The average molecular weight is 287 g/mol. The van der Waals surface area contributed by atoms with Gasteiger partial charge < -0.3 is 10.2 Å². The van der Waals surface area contributed by atoms with E-state index in [2.05, 4.69) is 50.2 Å². The Morgan fingerprint density at radius 1 is 1.24 bits per heavy atom. The van der Waals surface area contributed by atoms with E-state index in [1.165, 1.54) is 11.1 Å². The van der Waals surface area contributed by atoms with E-state index in [0.29, 0.717) is 5.92 Å². The van der Waals surface area contributed by atoms with Gasteiger partial charge in [-0.1, -0.05) is 26.0 Å². The number of nitrogens with zero attached hydrogens (tertiary/aromatic N) is 2. The molecule has 0 amide bonds. The number of nitrogens with one attached hydrogen (secondary N) is 1. The van der Waals surface area contributed by atoms with Crippen molar-refractivity contribution in [3.63, 3.8) is 0 Å². The number of rotatable bonds is 9. The molecule has 0 saturated heterocycles. The summed E-state index contributed by atoms with van der Waals surface area (Å²) in [6.45, 7) is 19.7. The molecular weight excluding hydrogens is 258 g/mol.